The summed E-state index contributed by atoms with van der Waals surface area (Å²) in [5, 5.41) is 3.54. The first-order chi connectivity index (χ1) is 8.25. The van der Waals surface area contributed by atoms with Crippen molar-refractivity contribution in [2.24, 2.45) is 0 Å². The SMILES string of the molecule is Nc1ccc(SCCCC2CCCN2)c(Br)c1. The Labute approximate surface area is 116 Å². The molecule has 0 aliphatic carbocycles. The van der Waals surface area contributed by atoms with E-state index < -0.39 is 0 Å². The van der Waals surface area contributed by atoms with Gasteiger partial charge in [-0.05, 0) is 72.1 Å². The monoisotopic (exact) mass is 314 g/mol. The van der Waals surface area contributed by atoms with Gasteiger partial charge in [-0.25, -0.2) is 0 Å². The molecule has 2 nitrogen and oxygen atoms in total. The molecule has 1 atom stereocenters. The van der Waals surface area contributed by atoms with Gasteiger partial charge in [-0.3, -0.25) is 0 Å². The Morgan fingerprint density at radius 2 is 2.35 bits per heavy atom. The fraction of sp³-hybridized carbons (Fsp3) is 0.538. The van der Waals surface area contributed by atoms with Crippen molar-refractivity contribution in [2.45, 2.75) is 36.6 Å². The maximum atomic E-state index is 5.72. The van der Waals surface area contributed by atoms with Gasteiger partial charge in [-0.2, -0.15) is 0 Å². The maximum Gasteiger partial charge on any atom is 0.0331 e. The molecule has 1 saturated heterocycles. The molecular weight excluding hydrogens is 296 g/mol. The molecule has 0 radical (unpaired) electrons. The van der Waals surface area contributed by atoms with E-state index in [1.807, 2.05) is 23.9 Å². The molecule has 1 aliphatic rings. The zero-order chi connectivity index (χ0) is 12.1. The average Bonchev–Trinajstić information content (AvgIpc) is 2.79. The van der Waals surface area contributed by atoms with Gasteiger partial charge in [0, 0.05) is 21.1 Å². The van der Waals surface area contributed by atoms with Gasteiger partial charge in [-0.15, -0.1) is 11.8 Å². The zero-order valence-electron chi connectivity index (χ0n) is 9.92. The lowest BCUT2D eigenvalue weighted by molar-refractivity contribution is 0.553. The van der Waals surface area contributed by atoms with Gasteiger partial charge in [-0.1, -0.05) is 0 Å². The second-order valence-electron chi connectivity index (χ2n) is 4.47. The largest absolute Gasteiger partial charge is 0.399 e. The predicted molar refractivity (Wildman–Crippen MR) is 79.5 cm³/mol. The molecule has 1 aromatic rings. The lowest BCUT2D eigenvalue weighted by atomic mass is 10.1. The Hall–Kier alpha value is -0.190. The lowest BCUT2D eigenvalue weighted by Gasteiger charge is -2.09. The van der Waals surface area contributed by atoms with Crippen LogP contribution in [-0.4, -0.2) is 18.3 Å². The Morgan fingerprint density at radius 1 is 1.47 bits per heavy atom. The minimum absolute atomic E-state index is 0.769. The van der Waals surface area contributed by atoms with Gasteiger partial charge in [0.15, 0.2) is 0 Å². The Balaban J connectivity index is 1.70. The van der Waals surface area contributed by atoms with Crippen LogP contribution in [0.4, 0.5) is 5.69 Å². The molecular formula is C13H19BrN2S. The van der Waals surface area contributed by atoms with E-state index in [4.69, 9.17) is 5.73 Å². The molecule has 17 heavy (non-hydrogen) atoms. The quantitative estimate of drug-likeness (QED) is 0.495. The summed E-state index contributed by atoms with van der Waals surface area (Å²) in [5.74, 6) is 1.18. The molecule has 94 valence electrons. The average molecular weight is 315 g/mol. The number of thioether (sulfide) groups is 1. The van der Waals surface area contributed by atoms with E-state index in [1.54, 1.807) is 0 Å². The third-order valence-electron chi connectivity index (χ3n) is 3.07. The van der Waals surface area contributed by atoms with Crippen LogP contribution >= 0.6 is 27.7 Å². The summed E-state index contributed by atoms with van der Waals surface area (Å²) < 4.78 is 1.11. The van der Waals surface area contributed by atoms with E-state index in [2.05, 4.69) is 27.3 Å². The van der Waals surface area contributed by atoms with Gasteiger partial charge in [0.25, 0.3) is 0 Å². The highest BCUT2D eigenvalue weighted by atomic mass is 79.9. The molecule has 1 heterocycles. The number of benzene rings is 1. The molecule has 0 bridgehead atoms. The highest BCUT2D eigenvalue weighted by Gasteiger charge is 2.12. The van der Waals surface area contributed by atoms with Crippen molar-refractivity contribution in [1.29, 1.82) is 0 Å². The summed E-state index contributed by atoms with van der Waals surface area (Å²) in [6.45, 7) is 1.21. The molecule has 0 aromatic heterocycles. The fourth-order valence-electron chi connectivity index (χ4n) is 2.15. The number of anilines is 1. The number of rotatable bonds is 5. The van der Waals surface area contributed by atoms with E-state index in [0.717, 1.165) is 16.2 Å². The molecule has 3 N–H and O–H groups in total. The maximum absolute atomic E-state index is 5.72. The van der Waals surface area contributed by atoms with E-state index >= 15 is 0 Å². The van der Waals surface area contributed by atoms with Crippen molar-refractivity contribution in [3.63, 3.8) is 0 Å². The number of nitrogens with one attached hydrogen (secondary N) is 1. The van der Waals surface area contributed by atoms with Crippen LogP contribution < -0.4 is 11.1 Å². The van der Waals surface area contributed by atoms with Crippen LogP contribution in [-0.2, 0) is 0 Å². The van der Waals surface area contributed by atoms with Crippen molar-refractivity contribution in [3.05, 3.63) is 22.7 Å². The summed E-state index contributed by atoms with van der Waals surface area (Å²) in [7, 11) is 0. The zero-order valence-corrected chi connectivity index (χ0v) is 12.3. The third-order valence-corrected chi connectivity index (χ3v) is 5.15. The summed E-state index contributed by atoms with van der Waals surface area (Å²) in [6.07, 6.45) is 5.29. The van der Waals surface area contributed by atoms with Crippen LogP contribution in [0.5, 0.6) is 0 Å². The Morgan fingerprint density at radius 3 is 3.06 bits per heavy atom. The molecule has 1 aromatic carbocycles. The van der Waals surface area contributed by atoms with Gasteiger partial charge >= 0.3 is 0 Å². The Bertz CT molecular complexity index is 364. The second-order valence-corrected chi connectivity index (χ2v) is 6.46. The summed E-state index contributed by atoms with van der Waals surface area (Å²) in [6, 6.07) is 6.80. The number of hydrogen-bond acceptors (Lipinski definition) is 3. The van der Waals surface area contributed by atoms with Crippen LogP contribution in [0, 0.1) is 0 Å². The molecule has 4 heteroatoms. The second kappa shape index (κ2) is 6.66. The molecule has 1 fully saturated rings. The first kappa shape index (κ1) is 13.2. The van der Waals surface area contributed by atoms with Crippen LogP contribution in [0.2, 0.25) is 0 Å². The standard InChI is InChI=1S/C13H19BrN2S/c14-12-9-10(15)5-6-13(12)17-8-2-4-11-3-1-7-16-11/h5-6,9,11,16H,1-4,7-8,15H2. The Kier molecular flexibility index (Phi) is 5.19. The summed E-state index contributed by atoms with van der Waals surface area (Å²) >= 11 is 5.46. The number of nitrogens with two attached hydrogens (primary N) is 1. The van der Waals surface area contributed by atoms with Crippen LogP contribution in [0.15, 0.2) is 27.6 Å². The number of nitrogen functional groups attached to an aromatic ring is 1. The van der Waals surface area contributed by atoms with Gasteiger partial charge in [0.1, 0.15) is 0 Å². The van der Waals surface area contributed by atoms with Crippen molar-refractivity contribution in [2.75, 3.05) is 18.0 Å². The summed E-state index contributed by atoms with van der Waals surface area (Å²) in [4.78, 5) is 1.29. The fourth-order valence-corrected chi connectivity index (χ4v) is 3.78. The smallest absolute Gasteiger partial charge is 0.0331 e. The van der Waals surface area contributed by atoms with Gasteiger partial charge in [0.05, 0.1) is 0 Å². The van der Waals surface area contributed by atoms with Crippen LogP contribution in [0.3, 0.4) is 0 Å². The highest BCUT2D eigenvalue weighted by molar-refractivity contribution is 9.10. The van der Waals surface area contributed by atoms with E-state index in [-0.39, 0.29) is 0 Å². The van der Waals surface area contributed by atoms with Crippen LogP contribution in [0.25, 0.3) is 0 Å². The van der Waals surface area contributed by atoms with E-state index in [1.165, 1.54) is 42.9 Å². The molecule has 0 saturated carbocycles. The molecule has 0 amide bonds. The molecule has 1 unspecified atom stereocenters. The van der Waals surface area contributed by atoms with Crippen molar-refractivity contribution in [1.82, 2.24) is 5.32 Å². The highest BCUT2D eigenvalue weighted by Crippen LogP contribution is 2.30. The number of halogens is 1. The first-order valence-electron chi connectivity index (χ1n) is 6.17. The van der Waals surface area contributed by atoms with Gasteiger partial charge in [0.2, 0.25) is 0 Å². The third kappa shape index (κ3) is 4.19. The minimum Gasteiger partial charge on any atom is -0.399 e. The predicted octanol–water partition coefficient (Wildman–Crippen LogP) is 3.66. The van der Waals surface area contributed by atoms with Crippen molar-refractivity contribution >= 4 is 33.4 Å². The summed E-state index contributed by atoms with van der Waals surface area (Å²) in [5.41, 5.74) is 6.53. The molecule has 1 aliphatic heterocycles. The topological polar surface area (TPSA) is 38.0 Å². The van der Waals surface area contributed by atoms with E-state index in [9.17, 15) is 0 Å². The normalized spacial score (nSPS) is 19.7. The molecule has 2 rings (SSSR count). The minimum atomic E-state index is 0.769. The van der Waals surface area contributed by atoms with Crippen molar-refractivity contribution < 1.29 is 0 Å². The van der Waals surface area contributed by atoms with Crippen LogP contribution in [0.1, 0.15) is 25.7 Å². The molecule has 0 spiro atoms. The van der Waals surface area contributed by atoms with Crippen molar-refractivity contribution in [3.8, 4) is 0 Å². The van der Waals surface area contributed by atoms with E-state index in [0.29, 0.717) is 0 Å². The number of hydrogen-bond donors (Lipinski definition) is 2. The lowest BCUT2D eigenvalue weighted by Crippen LogP contribution is -2.20. The first-order valence-corrected chi connectivity index (χ1v) is 7.95. The van der Waals surface area contributed by atoms with Gasteiger partial charge < -0.3 is 11.1 Å².